The third-order valence-electron chi connectivity index (χ3n) is 5.21. The summed E-state index contributed by atoms with van der Waals surface area (Å²) in [6, 6.07) is 16.8. The molecular weight excluding hydrogens is 327 g/mol. The van der Waals surface area contributed by atoms with Crippen LogP contribution in [0.25, 0.3) is 0 Å². The Morgan fingerprint density at radius 2 is 1.73 bits per heavy atom. The van der Waals surface area contributed by atoms with Gasteiger partial charge in [-0.3, -0.25) is 4.79 Å². The minimum absolute atomic E-state index is 0.0898. The summed E-state index contributed by atoms with van der Waals surface area (Å²) in [5.74, 6) is 0.470. The van der Waals surface area contributed by atoms with E-state index in [-0.39, 0.29) is 24.2 Å². The number of benzene rings is 2. The van der Waals surface area contributed by atoms with E-state index in [0.29, 0.717) is 17.9 Å². The Kier molecular flexibility index (Phi) is 6.40. The Hall–Kier alpha value is -2.20. The van der Waals surface area contributed by atoms with Gasteiger partial charge in [-0.25, -0.2) is 4.39 Å². The third-order valence-corrected chi connectivity index (χ3v) is 5.21. The molecule has 0 spiro atoms. The molecule has 0 saturated carbocycles. The van der Waals surface area contributed by atoms with Crippen LogP contribution < -0.4 is 5.73 Å². The predicted molar refractivity (Wildman–Crippen MR) is 102 cm³/mol. The average molecular weight is 354 g/mol. The lowest BCUT2D eigenvalue weighted by molar-refractivity contribution is -0.132. The average Bonchev–Trinajstić information content (AvgIpc) is 2.65. The normalized spacial score (nSPS) is 16.5. The predicted octanol–water partition coefficient (Wildman–Crippen LogP) is 3.57. The molecule has 0 radical (unpaired) electrons. The molecule has 1 aliphatic rings. The number of hydrogen-bond acceptors (Lipinski definition) is 2. The third kappa shape index (κ3) is 5.15. The fraction of sp³-hybridized carbons (Fsp3) is 0.409. The van der Waals surface area contributed by atoms with E-state index in [0.717, 1.165) is 32.4 Å². The first-order chi connectivity index (χ1) is 12.6. The highest BCUT2D eigenvalue weighted by molar-refractivity contribution is 5.77. The molecule has 1 heterocycles. The van der Waals surface area contributed by atoms with Crippen LogP contribution >= 0.6 is 0 Å². The molecule has 4 heteroatoms. The van der Waals surface area contributed by atoms with E-state index in [4.69, 9.17) is 5.73 Å². The Morgan fingerprint density at radius 1 is 1.08 bits per heavy atom. The van der Waals surface area contributed by atoms with E-state index in [9.17, 15) is 9.18 Å². The lowest BCUT2D eigenvalue weighted by Crippen LogP contribution is -2.41. The number of hydrogen-bond donors (Lipinski definition) is 1. The minimum atomic E-state index is -0.346. The van der Waals surface area contributed by atoms with Gasteiger partial charge in [0.15, 0.2) is 0 Å². The van der Waals surface area contributed by atoms with Crippen molar-refractivity contribution in [3.8, 4) is 0 Å². The molecule has 0 aliphatic carbocycles. The maximum atomic E-state index is 13.7. The molecule has 138 valence electrons. The molecule has 1 saturated heterocycles. The molecule has 0 aromatic heterocycles. The molecule has 1 amide bonds. The second kappa shape index (κ2) is 8.95. The van der Waals surface area contributed by atoms with Gasteiger partial charge in [0.2, 0.25) is 5.91 Å². The van der Waals surface area contributed by atoms with Gasteiger partial charge in [-0.05, 0) is 48.8 Å². The van der Waals surface area contributed by atoms with Gasteiger partial charge in [0.1, 0.15) is 5.82 Å². The van der Waals surface area contributed by atoms with Gasteiger partial charge in [0, 0.05) is 25.6 Å². The summed E-state index contributed by atoms with van der Waals surface area (Å²) in [5.41, 5.74) is 8.04. The number of rotatable bonds is 6. The number of halogens is 1. The SMILES string of the molecule is N[C@@H](CC(=O)N1CCC(Cc2ccccc2)CC1)Cc1ccccc1F. The van der Waals surface area contributed by atoms with Crippen LogP contribution in [0.5, 0.6) is 0 Å². The highest BCUT2D eigenvalue weighted by Crippen LogP contribution is 2.22. The molecule has 0 bridgehead atoms. The first-order valence-corrected chi connectivity index (χ1v) is 9.42. The zero-order chi connectivity index (χ0) is 18.4. The summed E-state index contributed by atoms with van der Waals surface area (Å²) in [5, 5.41) is 0. The van der Waals surface area contributed by atoms with Crippen molar-refractivity contribution in [1.82, 2.24) is 4.90 Å². The maximum absolute atomic E-state index is 13.7. The zero-order valence-corrected chi connectivity index (χ0v) is 15.1. The first-order valence-electron chi connectivity index (χ1n) is 9.42. The van der Waals surface area contributed by atoms with Gasteiger partial charge < -0.3 is 10.6 Å². The summed E-state index contributed by atoms with van der Waals surface area (Å²) in [6.45, 7) is 1.59. The largest absolute Gasteiger partial charge is 0.343 e. The molecular formula is C22H27FN2O. The standard InChI is InChI=1S/C22H27FN2O/c23-21-9-5-4-8-19(21)15-20(24)16-22(26)25-12-10-18(11-13-25)14-17-6-2-1-3-7-17/h1-9,18,20H,10-16,24H2/t20-/m1/s1. The number of carbonyl (C=O) groups is 1. The van der Waals surface area contributed by atoms with E-state index in [1.807, 2.05) is 11.0 Å². The van der Waals surface area contributed by atoms with Crippen molar-refractivity contribution in [1.29, 1.82) is 0 Å². The monoisotopic (exact) mass is 354 g/mol. The molecule has 2 N–H and O–H groups in total. The lowest BCUT2D eigenvalue weighted by Gasteiger charge is -2.32. The van der Waals surface area contributed by atoms with Gasteiger partial charge in [-0.15, -0.1) is 0 Å². The van der Waals surface area contributed by atoms with Crippen LogP contribution in [-0.2, 0) is 17.6 Å². The van der Waals surface area contributed by atoms with Crippen LogP contribution in [0.2, 0.25) is 0 Å². The number of piperidine rings is 1. The molecule has 26 heavy (non-hydrogen) atoms. The van der Waals surface area contributed by atoms with Crippen LogP contribution in [0.1, 0.15) is 30.4 Å². The lowest BCUT2D eigenvalue weighted by atomic mass is 9.90. The van der Waals surface area contributed by atoms with Gasteiger partial charge in [-0.1, -0.05) is 48.5 Å². The Balaban J connectivity index is 1.44. The Bertz CT molecular complexity index is 711. The first kappa shape index (κ1) is 18.6. The van der Waals surface area contributed by atoms with E-state index >= 15 is 0 Å². The van der Waals surface area contributed by atoms with Gasteiger partial charge in [0.25, 0.3) is 0 Å². The number of likely N-dealkylation sites (tertiary alicyclic amines) is 1. The number of nitrogens with two attached hydrogens (primary N) is 1. The van der Waals surface area contributed by atoms with Crippen molar-refractivity contribution in [3.05, 3.63) is 71.5 Å². The quantitative estimate of drug-likeness (QED) is 0.862. The van der Waals surface area contributed by atoms with Gasteiger partial charge >= 0.3 is 0 Å². The number of amides is 1. The highest BCUT2D eigenvalue weighted by atomic mass is 19.1. The van der Waals surface area contributed by atoms with E-state index in [2.05, 4.69) is 24.3 Å². The van der Waals surface area contributed by atoms with Crippen LogP contribution in [0.4, 0.5) is 4.39 Å². The number of nitrogens with zero attached hydrogens (tertiary/aromatic N) is 1. The molecule has 2 aromatic rings. The van der Waals surface area contributed by atoms with Crippen molar-refractivity contribution in [3.63, 3.8) is 0 Å². The molecule has 1 aliphatic heterocycles. The molecule has 2 aromatic carbocycles. The van der Waals surface area contributed by atoms with E-state index in [1.54, 1.807) is 18.2 Å². The fourth-order valence-corrected chi connectivity index (χ4v) is 3.71. The Morgan fingerprint density at radius 3 is 2.42 bits per heavy atom. The fourth-order valence-electron chi connectivity index (χ4n) is 3.71. The van der Waals surface area contributed by atoms with Crippen LogP contribution in [-0.4, -0.2) is 29.9 Å². The summed E-state index contributed by atoms with van der Waals surface area (Å²) < 4.78 is 13.7. The van der Waals surface area contributed by atoms with Crippen LogP contribution in [0, 0.1) is 11.7 Å². The van der Waals surface area contributed by atoms with Crippen molar-refractivity contribution in [2.24, 2.45) is 11.7 Å². The summed E-state index contributed by atoms with van der Waals surface area (Å²) in [4.78, 5) is 14.4. The zero-order valence-electron chi connectivity index (χ0n) is 15.1. The second-order valence-corrected chi connectivity index (χ2v) is 7.27. The van der Waals surface area contributed by atoms with Crippen LogP contribution in [0.15, 0.2) is 54.6 Å². The second-order valence-electron chi connectivity index (χ2n) is 7.27. The van der Waals surface area contributed by atoms with Crippen molar-refractivity contribution < 1.29 is 9.18 Å². The summed E-state index contributed by atoms with van der Waals surface area (Å²) in [6.07, 6.45) is 3.81. The van der Waals surface area contributed by atoms with Crippen molar-refractivity contribution in [2.45, 2.75) is 38.1 Å². The topological polar surface area (TPSA) is 46.3 Å². The maximum Gasteiger partial charge on any atom is 0.224 e. The van der Waals surface area contributed by atoms with Gasteiger partial charge in [-0.2, -0.15) is 0 Å². The number of carbonyl (C=O) groups excluding carboxylic acids is 1. The smallest absolute Gasteiger partial charge is 0.224 e. The molecule has 1 atom stereocenters. The van der Waals surface area contributed by atoms with Crippen molar-refractivity contribution in [2.75, 3.05) is 13.1 Å². The van der Waals surface area contributed by atoms with Crippen LogP contribution in [0.3, 0.4) is 0 Å². The highest BCUT2D eigenvalue weighted by Gasteiger charge is 2.24. The summed E-state index contributed by atoms with van der Waals surface area (Å²) >= 11 is 0. The minimum Gasteiger partial charge on any atom is -0.343 e. The van der Waals surface area contributed by atoms with Crippen molar-refractivity contribution >= 4 is 5.91 Å². The molecule has 0 unspecified atom stereocenters. The molecule has 3 nitrogen and oxygen atoms in total. The van der Waals surface area contributed by atoms with E-state index < -0.39 is 0 Å². The van der Waals surface area contributed by atoms with Gasteiger partial charge in [0.05, 0.1) is 0 Å². The summed E-state index contributed by atoms with van der Waals surface area (Å²) in [7, 11) is 0. The molecule has 1 fully saturated rings. The van der Waals surface area contributed by atoms with E-state index in [1.165, 1.54) is 11.6 Å². The molecule has 3 rings (SSSR count). The Labute approximate surface area is 155 Å².